The number of sulfone groups is 1. The normalized spacial score (nSPS) is 14.2. The number of carbonyl (C=O) groups excluding carboxylic acids is 2. The molecule has 0 bridgehead atoms. The predicted octanol–water partition coefficient (Wildman–Crippen LogP) is 2.10. The third-order valence-electron chi connectivity index (χ3n) is 4.95. The summed E-state index contributed by atoms with van der Waals surface area (Å²) < 4.78 is 34.0. The van der Waals surface area contributed by atoms with Gasteiger partial charge in [-0.05, 0) is 30.2 Å². The predicted molar refractivity (Wildman–Crippen MR) is 113 cm³/mol. The number of carbonyl (C=O) groups is 2. The highest BCUT2D eigenvalue weighted by atomic mass is 32.2. The number of hydrogen-bond donors (Lipinski definition) is 1. The molecule has 0 spiro atoms. The first kappa shape index (κ1) is 21.6. The number of nitrogens with zero attached hydrogens (tertiary/aromatic N) is 1. The van der Waals surface area contributed by atoms with E-state index in [2.05, 4.69) is 5.32 Å². The lowest BCUT2D eigenvalue weighted by Gasteiger charge is -2.27. The van der Waals surface area contributed by atoms with Crippen LogP contribution in [0, 0.1) is 0 Å². The molecule has 0 fully saturated rings. The Morgan fingerprint density at radius 1 is 1.17 bits per heavy atom. The van der Waals surface area contributed by atoms with Crippen LogP contribution in [0.3, 0.4) is 0 Å². The zero-order chi connectivity index (χ0) is 21.9. The van der Waals surface area contributed by atoms with Crippen LogP contribution < -0.4 is 14.8 Å². The van der Waals surface area contributed by atoms with E-state index < -0.39 is 21.8 Å². The number of anilines is 1. The van der Waals surface area contributed by atoms with Gasteiger partial charge in [0.25, 0.3) is 5.91 Å². The fourth-order valence-corrected chi connectivity index (χ4v) is 4.06. The van der Waals surface area contributed by atoms with Crippen LogP contribution >= 0.6 is 0 Å². The maximum Gasteiger partial charge on any atom is 0.255 e. The van der Waals surface area contributed by atoms with E-state index in [0.717, 1.165) is 11.8 Å². The van der Waals surface area contributed by atoms with Crippen LogP contribution in [0.5, 0.6) is 11.5 Å². The monoisotopic (exact) mass is 432 g/mol. The van der Waals surface area contributed by atoms with E-state index in [1.165, 1.54) is 19.1 Å². The molecule has 2 aromatic rings. The smallest absolute Gasteiger partial charge is 0.255 e. The molecule has 0 radical (unpaired) electrons. The number of benzene rings is 2. The largest absolute Gasteiger partial charge is 0.497 e. The van der Waals surface area contributed by atoms with Gasteiger partial charge >= 0.3 is 0 Å². The van der Waals surface area contributed by atoms with E-state index in [9.17, 15) is 18.0 Å². The first-order chi connectivity index (χ1) is 14.2. The van der Waals surface area contributed by atoms with E-state index in [4.69, 9.17) is 9.47 Å². The molecule has 0 aromatic heterocycles. The molecule has 0 unspecified atom stereocenters. The minimum absolute atomic E-state index is 0.0172. The number of rotatable bonds is 8. The van der Waals surface area contributed by atoms with Crippen molar-refractivity contribution in [3.05, 3.63) is 53.6 Å². The lowest BCUT2D eigenvalue weighted by atomic mass is 10.1. The van der Waals surface area contributed by atoms with Crippen molar-refractivity contribution in [2.24, 2.45) is 0 Å². The fraction of sp³-hybridized carbons (Fsp3) is 0.333. The third-order valence-corrected chi connectivity index (χ3v) is 5.93. The van der Waals surface area contributed by atoms with Crippen molar-refractivity contribution < 1.29 is 27.5 Å². The number of nitrogens with one attached hydrogen (secondary N) is 1. The Kier molecular flexibility index (Phi) is 6.31. The second kappa shape index (κ2) is 8.74. The molecular formula is C21H24N2O6S. The molecule has 0 saturated heterocycles. The van der Waals surface area contributed by atoms with Crippen LogP contribution in [0.2, 0.25) is 0 Å². The summed E-state index contributed by atoms with van der Waals surface area (Å²) in [6.45, 7) is 0.242. The van der Waals surface area contributed by atoms with Crippen molar-refractivity contribution in [2.45, 2.75) is 19.0 Å². The van der Waals surface area contributed by atoms with Crippen molar-refractivity contribution in [1.29, 1.82) is 0 Å². The maximum absolute atomic E-state index is 13.2. The molecule has 0 saturated carbocycles. The molecule has 160 valence electrons. The van der Waals surface area contributed by atoms with Gasteiger partial charge < -0.3 is 19.7 Å². The quantitative estimate of drug-likeness (QED) is 0.685. The number of methoxy groups -OCH3 is 2. The van der Waals surface area contributed by atoms with Crippen LogP contribution in [0.1, 0.15) is 22.3 Å². The van der Waals surface area contributed by atoms with Crippen molar-refractivity contribution >= 4 is 27.3 Å². The molecule has 0 aliphatic carbocycles. The van der Waals surface area contributed by atoms with Crippen molar-refractivity contribution in [3.63, 3.8) is 0 Å². The van der Waals surface area contributed by atoms with Crippen LogP contribution in [0.15, 0.2) is 42.5 Å². The van der Waals surface area contributed by atoms with Gasteiger partial charge in [0.1, 0.15) is 27.4 Å². The van der Waals surface area contributed by atoms with Gasteiger partial charge in [-0.2, -0.15) is 0 Å². The molecule has 2 amide bonds. The zero-order valence-corrected chi connectivity index (χ0v) is 17.9. The number of ether oxygens (including phenoxy) is 2. The zero-order valence-electron chi connectivity index (χ0n) is 17.0. The molecule has 3 rings (SSSR count). The standard InChI is InChI=1S/C21H24N2O6S/c1-28-15-8-9-19(29-2)17(12-15)22-20(24)18(10-11-30(3,26)27)23-13-14-6-4-5-7-16(14)21(23)25/h4-9,12,18H,10-11,13H2,1-3H3,(H,22,24)/t18-/m0/s1. The summed E-state index contributed by atoms with van der Waals surface area (Å²) in [7, 11) is -0.352. The maximum atomic E-state index is 13.2. The molecular weight excluding hydrogens is 408 g/mol. The van der Waals surface area contributed by atoms with E-state index in [0.29, 0.717) is 22.7 Å². The van der Waals surface area contributed by atoms with E-state index >= 15 is 0 Å². The van der Waals surface area contributed by atoms with E-state index in [1.807, 2.05) is 12.1 Å². The van der Waals surface area contributed by atoms with Gasteiger partial charge in [-0.1, -0.05) is 18.2 Å². The van der Waals surface area contributed by atoms with Gasteiger partial charge in [0.2, 0.25) is 5.91 Å². The van der Waals surface area contributed by atoms with Gasteiger partial charge in [0, 0.05) is 24.4 Å². The summed E-state index contributed by atoms with van der Waals surface area (Å²) >= 11 is 0. The second-order valence-corrected chi connectivity index (χ2v) is 9.34. The molecule has 1 N–H and O–H groups in total. The SMILES string of the molecule is COc1ccc(OC)c(NC(=O)[C@H](CCS(C)(=O)=O)N2Cc3ccccc3C2=O)c1. The Hall–Kier alpha value is -3.07. The van der Waals surface area contributed by atoms with Crippen molar-refractivity contribution in [1.82, 2.24) is 4.90 Å². The Labute approximate surface area is 175 Å². The second-order valence-electron chi connectivity index (χ2n) is 7.08. The summed E-state index contributed by atoms with van der Waals surface area (Å²) in [5.41, 5.74) is 1.70. The third kappa shape index (κ3) is 4.73. The molecule has 30 heavy (non-hydrogen) atoms. The summed E-state index contributed by atoms with van der Waals surface area (Å²) in [6.07, 6.45) is 1.09. The Morgan fingerprint density at radius 3 is 2.53 bits per heavy atom. The Bertz CT molecular complexity index is 1070. The summed E-state index contributed by atoms with van der Waals surface area (Å²) in [6, 6.07) is 11.1. The number of hydrogen-bond acceptors (Lipinski definition) is 6. The van der Waals surface area contributed by atoms with Crippen LogP contribution in [-0.2, 0) is 21.2 Å². The summed E-state index contributed by atoms with van der Waals surface area (Å²) in [4.78, 5) is 27.5. The Morgan fingerprint density at radius 2 is 1.90 bits per heavy atom. The summed E-state index contributed by atoms with van der Waals surface area (Å²) in [5.74, 6) is -0.0748. The molecule has 1 aliphatic heterocycles. The highest BCUT2D eigenvalue weighted by Gasteiger charge is 2.36. The van der Waals surface area contributed by atoms with Crippen molar-refractivity contribution in [2.75, 3.05) is 31.5 Å². The minimum Gasteiger partial charge on any atom is -0.497 e. The average Bonchev–Trinajstić information content (AvgIpc) is 3.04. The molecule has 9 heteroatoms. The van der Waals surface area contributed by atoms with Crippen molar-refractivity contribution in [3.8, 4) is 11.5 Å². The van der Waals surface area contributed by atoms with E-state index in [-0.39, 0.29) is 24.6 Å². The average molecular weight is 432 g/mol. The highest BCUT2D eigenvalue weighted by molar-refractivity contribution is 7.90. The van der Waals surface area contributed by atoms with Gasteiger partial charge in [-0.15, -0.1) is 0 Å². The first-order valence-corrected chi connectivity index (χ1v) is 11.4. The topological polar surface area (TPSA) is 102 Å². The van der Waals surface area contributed by atoms with Gasteiger partial charge in [-0.25, -0.2) is 8.42 Å². The first-order valence-electron chi connectivity index (χ1n) is 9.33. The summed E-state index contributed by atoms with van der Waals surface area (Å²) in [5, 5.41) is 2.76. The van der Waals surface area contributed by atoms with Gasteiger partial charge in [0.05, 0.1) is 25.7 Å². The molecule has 1 atom stereocenters. The highest BCUT2D eigenvalue weighted by Crippen LogP contribution is 2.31. The number of amides is 2. The number of fused-ring (bicyclic) bond motifs is 1. The van der Waals surface area contributed by atoms with Gasteiger partial charge in [0.15, 0.2) is 0 Å². The van der Waals surface area contributed by atoms with E-state index in [1.54, 1.807) is 30.3 Å². The Balaban J connectivity index is 1.89. The van der Waals surface area contributed by atoms with Crippen LogP contribution in [0.4, 0.5) is 5.69 Å². The lowest BCUT2D eigenvalue weighted by Crippen LogP contribution is -2.45. The van der Waals surface area contributed by atoms with Crippen LogP contribution in [0.25, 0.3) is 0 Å². The lowest BCUT2D eigenvalue weighted by molar-refractivity contribution is -0.120. The van der Waals surface area contributed by atoms with Crippen LogP contribution in [-0.4, -0.2) is 57.4 Å². The molecule has 1 aliphatic rings. The fourth-order valence-electron chi connectivity index (χ4n) is 3.41. The molecule has 8 nitrogen and oxygen atoms in total. The molecule has 2 aromatic carbocycles. The minimum atomic E-state index is -3.33. The molecule has 1 heterocycles. The van der Waals surface area contributed by atoms with Gasteiger partial charge in [-0.3, -0.25) is 9.59 Å².